The van der Waals surface area contributed by atoms with E-state index in [1.54, 1.807) is 13.8 Å². The van der Waals surface area contributed by atoms with Gasteiger partial charge in [0.25, 0.3) is 5.56 Å². The van der Waals surface area contributed by atoms with E-state index < -0.39 is 17.2 Å². The molecule has 1 rings (SSSR count). The molecule has 0 radical (unpaired) electrons. The van der Waals surface area contributed by atoms with E-state index in [4.69, 9.17) is 4.74 Å². The number of nitrogens with zero attached hydrogens (tertiary/aromatic N) is 1. The number of H-pyrrole nitrogens is 1. The smallest absolute Gasteiger partial charge is 0.328 e. The molecule has 0 aliphatic carbocycles. The Balaban J connectivity index is 3.01. The number of carbonyl (C=O) groups excluding carboxylic acids is 1. The Morgan fingerprint density at radius 1 is 1.44 bits per heavy atom. The Labute approximate surface area is 91.9 Å². The van der Waals surface area contributed by atoms with E-state index in [2.05, 4.69) is 4.98 Å². The van der Waals surface area contributed by atoms with Crippen molar-refractivity contribution in [3.8, 4) is 0 Å². The van der Waals surface area contributed by atoms with Crippen molar-refractivity contribution in [2.24, 2.45) is 0 Å². The lowest BCUT2D eigenvalue weighted by Gasteiger charge is -2.05. The molecular formula is C10H14N2O4. The molecule has 0 bridgehead atoms. The van der Waals surface area contributed by atoms with Gasteiger partial charge < -0.3 is 4.74 Å². The Bertz CT molecular complexity index is 486. The lowest BCUT2D eigenvalue weighted by Crippen LogP contribution is -2.33. The fourth-order valence-electron chi connectivity index (χ4n) is 1.27. The highest BCUT2D eigenvalue weighted by molar-refractivity contribution is 5.69. The zero-order valence-corrected chi connectivity index (χ0v) is 9.28. The van der Waals surface area contributed by atoms with Gasteiger partial charge in [-0.15, -0.1) is 0 Å². The summed E-state index contributed by atoms with van der Waals surface area (Å²) in [6.07, 6.45) is 1.89. The van der Waals surface area contributed by atoms with E-state index >= 15 is 0 Å². The maximum absolute atomic E-state index is 11.3. The van der Waals surface area contributed by atoms with Crippen molar-refractivity contribution < 1.29 is 9.53 Å². The van der Waals surface area contributed by atoms with E-state index in [0.717, 1.165) is 4.57 Å². The van der Waals surface area contributed by atoms with Crippen molar-refractivity contribution in [1.82, 2.24) is 9.55 Å². The molecule has 0 fully saturated rings. The highest BCUT2D eigenvalue weighted by Gasteiger charge is 2.07. The van der Waals surface area contributed by atoms with Crippen LogP contribution in [0, 0.1) is 0 Å². The molecule has 6 nitrogen and oxygen atoms in total. The van der Waals surface area contributed by atoms with Crippen molar-refractivity contribution in [3.63, 3.8) is 0 Å². The maximum Gasteiger partial charge on any atom is 0.328 e. The second-order valence-corrected chi connectivity index (χ2v) is 3.20. The lowest BCUT2D eigenvalue weighted by atomic mass is 10.3. The number of esters is 1. The standard InChI is InChI=1S/C10H14N2O4/c1-3-7-5-12(6-8(13)16-4-2)10(15)11-9(7)14/h5H,3-4,6H2,1-2H3,(H,11,14,15). The summed E-state index contributed by atoms with van der Waals surface area (Å²) >= 11 is 0. The average Bonchev–Trinajstić information content (AvgIpc) is 2.22. The Kier molecular flexibility index (Phi) is 4.04. The fraction of sp³-hybridized carbons (Fsp3) is 0.500. The molecule has 0 aliphatic heterocycles. The van der Waals surface area contributed by atoms with E-state index in [0.29, 0.717) is 12.0 Å². The fourth-order valence-corrected chi connectivity index (χ4v) is 1.27. The molecule has 0 saturated carbocycles. The topological polar surface area (TPSA) is 81.2 Å². The molecule has 16 heavy (non-hydrogen) atoms. The summed E-state index contributed by atoms with van der Waals surface area (Å²) in [7, 11) is 0. The molecule has 1 heterocycles. The summed E-state index contributed by atoms with van der Waals surface area (Å²) in [5, 5.41) is 0. The Hall–Kier alpha value is -1.85. The molecule has 88 valence electrons. The second kappa shape index (κ2) is 5.29. The minimum Gasteiger partial charge on any atom is -0.465 e. The van der Waals surface area contributed by atoms with Crippen LogP contribution in [0.15, 0.2) is 15.8 Å². The monoisotopic (exact) mass is 226 g/mol. The first-order valence-corrected chi connectivity index (χ1v) is 5.06. The van der Waals surface area contributed by atoms with E-state index in [1.807, 2.05) is 0 Å². The molecule has 1 aromatic heterocycles. The SMILES string of the molecule is CCOC(=O)Cn1cc(CC)c(=O)[nH]c1=O. The molecule has 0 saturated heterocycles. The van der Waals surface area contributed by atoms with Gasteiger partial charge in [-0.3, -0.25) is 19.1 Å². The Morgan fingerprint density at radius 3 is 2.69 bits per heavy atom. The van der Waals surface area contributed by atoms with Gasteiger partial charge in [0.05, 0.1) is 6.61 Å². The number of carbonyl (C=O) groups is 1. The highest BCUT2D eigenvalue weighted by atomic mass is 16.5. The lowest BCUT2D eigenvalue weighted by molar-refractivity contribution is -0.143. The number of ether oxygens (including phenoxy) is 1. The molecule has 0 atom stereocenters. The van der Waals surface area contributed by atoms with Crippen LogP contribution in [0.3, 0.4) is 0 Å². The summed E-state index contributed by atoms with van der Waals surface area (Å²) in [5.74, 6) is -0.501. The average molecular weight is 226 g/mol. The minimum atomic E-state index is -0.602. The van der Waals surface area contributed by atoms with E-state index in [-0.39, 0.29) is 13.2 Å². The summed E-state index contributed by atoms with van der Waals surface area (Å²) in [4.78, 5) is 35.9. The van der Waals surface area contributed by atoms with E-state index in [9.17, 15) is 14.4 Å². The molecule has 1 aromatic rings. The number of hydrogen-bond acceptors (Lipinski definition) is 4. The number of rotatable bonds is 4. The molecule has 0 aliphatic rings. The first kappa shape index (κ1) is 12.2. The van der Waals surface area contributed by atoms with Crippen molar-refractivity contribution >= 4 is 5.97 Å². The zero-order chi connectivity index (χ0) is 12.1. The van der Waals surface area contributed by atoms with Crippen LogP contribution in [-0.4, -0.2) is 22.1 Å². The second-order valence-electron chi connectivity index (χ2n) is 3.20. The first-order chi connectivity index (χ1) is 7.58. The van der Waals surface area contributed by atoms with Gasteiger partial charge in [0.1, 0.15) is 6.54 Å². The number of aromatic nitrogens is 2. The molecular weight excluding hydrogens is 212 g/mol. The van der Waals surface area contributed by atoms with Gasteiger partial charge in [-0.2, -0.15) is 0 Å². The van der Waals surface area contributed by atoms with Crippen LogP contribution in [0.4, 0.5) is 0 Å². The highest BCUT2D eigenvalue weighted by Crippen LogP contribution is 1.90. The van der Waals surface area contributed by atoms with Gasteiger partial charge in [0.15, 0.2) is 0 Å². The van der Waals surface area contributed by atoms with Gasteiger partial charge in [-0.05, 0) is 13.3 Å². The summed E-state index contributed by atoms with van der Waals surface area (Å²) < 4.78 is 5.85. The number of hydrogen-bond donors (Lipinski definition) is 1. The summed E-state index contributed by atoms with van der Waals surface area (Å²) in [6.45, 7) is 3.56. The van der Waals surface area contributed by atoms with Gasteiger partial charge in [0.2, 0.25) is 0 Å². The molecule has 1 N–H and O–H groups in total. The van der Waals surface area contributed by atoms with Gasteiger partial charge in [-0.25, -0.2) is 4.79 Å². The van der Waals surface area contributed by atoms with Crippen molar-refractivity contribution in [3.05, 3.63) is 32.6 Å². The van der Waals surface area contributed by atoms with Gasteiger partial charge in [-0.1, -0.05) is 6.92 Å². The summed E-state index contributed by atoms with van der Waals surface area (Å²) in [5.41, 5.74) is -0.549. The van der Waals surface area contributed by atoms with Crippen LogP contribution in [0.2, 0.25) is 0 Å². The number of aryl methyl sites for hydroxylation is 1. The molecule has 0 unspecified atom stereocenters. The molecule has 6 heteroatoms. The van der Waals surface area contributed by atoms with Crippen LogP contribution in [0.25, 0.3) is 0 Å². The normalized spacial score (nSPS) is 10.1. The molecule has 0 aromatic carbocycles. The third-order valence-corrected chi connectivity index (χ3v) is 2.07. The van der Waals surface area contributed by atoms with Crippen molar-refractivity contribution in [1.29, 1.82) is 0 Å². The number of aromatic amines is 1. The summed E-state index contributed by atoms with van der Waals surface area (Å²) in [6, 6.07) is 0. The molecule has 0 spiro atoms. The van der Waals surface area contributed by atoms with Gasteiger partial charge in [0, 0.05) is 11.8 Å². The third kappa shape index (κ3) is 2.82. The number of nitrogens with one attached hydrogen (secondary N) is 1. The molecule has 0 amide bonds. The zero-order valence-electron chi connectivity index (χ0n) is 9.28. The predicted molar refractivity (Wildman–Crippen MR) is 57.3 cm³/mol. The van der Waals surface area contributed by atoms with Crippen LogP contribution in [-0.2, 0) is 22.5 Å². The van der Waals surface area contributed by atoms with Gasteiger partial charge >= 0.3 is 11.7 Å². The van der Waals surface area contributed by atoms with Crippen LogP contribution in [0.5, 0.6) is 0 Å². The minimum absolute atomic E-state index is 0.184. The maximum atomic E-state index is 11.3. The van der Waals surface area contributed by atoms with E-state index in [1.165, 1.54) is 6.20 Å². The van der Waals surface area contributed by atoms with Crippen molar-refractivity contribution in [2.75, 3.05) is 6.61 Å². The first-order valence-electron chi connectivity index (χ1n) is 5.06. The third-order valence-electron chi connectivity index (χ3n) is 2.07. The quantitative estimate of drug-likeness (QED) is 0.712. The van der Waals surface area contributed by atoms with Crippen LogP contribution in [0.1, 0.15) is 19.4 Å². The van der Waals surface area contributed by atoms with Crippen LogP contribution < -0.4 is 11.2 Å². The van der Waals surface area contributed by atoms with Crippen molar-refractivity contribution in [2.45, 2.75) is 26.8 Å². The van der Waals surface area contributed by atoms with Crippen LogP contribution >= 0.6 is 0 Å². The Morgan fingerprint density at radius 2 is 2.12 bits per heavy atom. The largest absolute Gasteiger partial charge is 0.465 e. The predicted octanol–water partition coefficient (Wildman–Crippen LogP) is -0.338.